The summed E-state index contributed by atoms with van der Waals surface area (Å²) in [5, 5.41) is 2.27. The minimum absolute atomic E-state index is 0.107. The molecule has 5 heteroatoms. The zero-order valence-electron chi connectivity index (χ0n) is 12.1. The van der Waals surface area contributed by atoms with Gasteiger partial charge in [0.15, 0.2) is 0 Å². The summed E-state index contributed by atoms with van der Waals surface area (Å²) in [6.45, 7) is 2.62. The molecule has 2 aromatic heterocycles. The molecule has 0 bridgehead atoms. The summed E-state index contributed by atoms with van der Waals surface area (Å²) < 4.78 is 7.44. The molecule has 1 amide bonds. The molecule has 1 aliphatic heterocycles. The quantitative estimate of drug-likeness (QED) is 0.728. The van der Waals surface area contributed by atoms with Gasteiger partial charge in [-0.3, -0.25) is 4.79 Å². The van der Waals surface area contributed by atoms with Crippen LogP contribution in [0.15, 0.2) is 48.7 Å². The summed E-state index contributed by atoms with van der Waals surface area (Å²) in [4.78, 5) is 15.2. The fourth-order valence-corrected chi connectivity index (χ4v) is 3.74. The Labute approximate surface area is 132 Å². The molecule has 1 fully saturated rings. The molecule has 0 N–H and O–H groups in total. The first-order valence-electron chi connectivity index (χ1n) is 7.36. The van der Waals surface area contributed by atoms with E-state index in [1.807, 2.05) is 29.2 Å². The standard InChI is InChI=1S/C17H16N2O2S/c20-17(18-9-11-21-12-10-18)15-5-6-16(22-15)19-8-7-13-3-1-2-4-14(13)19/h1-8H,9-12H2. The van der Waals surface area contributed by atoms with Crippen LogP contribution in [0.1, 0.15) is 9.67 Å². The molecule has 1 saturated heterocycles. The molecule has 3 aromatic rings. The number of aromatic nitrogens is 1. The van der Waals surface area contributed by atoms with Crippen molar-refractivity contribution in [2.45, 2.75) is 0 Å². The maximum atomic E-state index is 12.5. The fourth-order valence-electron chi connectivity index (χ4n) is 2.77. The topological polar surface area (TPSA) is 34.5 Å². The highest BCUT2D eigenvalue weighted by Gasteiger charge is 2.20. The van der Waals surface area contributed by atoms with Gasteiger partial charge < -0.3 is 14.2 Å². The summed E-state index contributed by atoms with van der Waals surface area (Å²) in [7, 11) is 0. The molecular weight excluding hydrogens is 296 g/mol. The van der Waals surface area contributed by atoms with Crippen LogP contribution in [0.4, 0.5) is 0 Å². The molecule has 112 valence electrons. The minimum Gasteiger partial charge on any atom is -0.378 e. The lowest BCUT2D eigenvalue weighted by Gasteiger charge is -2.26. The number of thiophene rings is 1. The molecule has 4 nitrogen and oxygen atoms in total. The molecule has 0 atom stereocenters. The van der Waals surface area contributed by atoms with E-state index in [9.17, 15) is 4.79 Å². The maximum absolute atomic E-state index is 12.5. The third kappa shape index (κ3) is 2.32. The number of hydrogen-bond acceptors (Lipinski definition) is 3. The van der Waals surface area contributed by atoms with E-state index in [1.54, 1.807) is 0 Å². The number of para-hydroxylation sites is 1. The Balaban J connectivity index is 1.65. The molecule has 0 radical (unpaired) electrons. The van der Waals surface area contributed by atoms with Crippen LogP contribution in [-0.2, 0) is 4.74 Å². The fraction of sp³-hybridized carbons (Fsp3) is 0.235. The molecule has 22 heavy (non-hydrogen) atoms. The number of amides is 1. The minimum atomic E-state index is 0.107. The third-order valence-electron chi connectivity index (χ3n) is 3.94. The van der Waals surface area contributed by atoms with E-state index in [-0.39, 0.29) is 5.91 Å². The van der Waals surface area contributed by atoms with Crippen molar-refractivity contribution in [1.29, 1.82) is 0 Å². The van der Waals surface area contributed by atoms with E-state index in [1.165, 1.54) is 16.7 Å². The van der Waals surface area contributed by atoms with Crippen molar-refractivity contribution in [3.05, 3.63) is 53.5 Å². The van der Waals surface area contributed by atoms with Gasteiger partial charge in [-0.15, -0.1) is 11.3 Å². The van der Waals surface area contributed by atoms with E-state index in [0.29, 0.717) is 26.3 Å². The highest BCUT2D eigenvalue weighted by Crippen LogP contribution is 2.27. The van der Waals surface area contributed by atoms with Gasteiger partial charge in [-0.1, -0.05) is 18.2 Å². The molecule has 3 heterocycles. The highest BCUT2D eigenvalue weighted by atomic mass is 32.1. The second-order valence-electron chi connectivity index (χ2n) is 5.29. The lowest BCUT2D eigenvalue weighted by Crippen LogP contribution is -2.40. The summed E-state index contributed by atoms with van der Waals surface area (Å²) >= 11 is 1.54. The molecule has 1 aliphatic rings. The number of hydrogen-bond donors (Lipinski definition) is 0. The van der Waals surface area contributed by atoms with Gasteiger partial charge in [0, 0.05) is 19.3 Å². The van der Waals surface area contributed by atoms with Gasteiger partial charge in [-0.2, -0.15) is 0 Å². The molecular formula is C17H16N2O2S. The van der Waals surface area contributed by atoms with Gasteiger partial charge in [0.1, 0.15) is 5.00 Å². The molecule has 0 spiro atoms. The van der Waals surface area contributed by atoms with Crippen molar-refractivity contribution in [2.75, 3.05) is 26.3 Å². The zero-order valence-corrected chi connectivity index (χ0v) is 12.9. The normalized spacial score (nSPS) is 15.4. The average molecular weight is 312 g/mol. The number of nitrogens with zero attached hydrogens (tertiary/aromatic N) is 2. The van der Waals surface area contributed by atoms with Gasteiger partial charge in [-0.05, 0) is 29.7 Å². The predicted octanol–water partition coefficient (Wildman–Crippen LogP) is 3.16. The second-order valence-corrected chi connectivity index (χ2v) is 6.35. The van der Waals surface area contributed by atoms with Crippen LogP contribution in [-0.4, -0.2) is 41.7 Å². The number of benzene rings is 1. The molecule has 4 rings (SSSR count). The van der Waals surface area contributed by atoms with Crippen LogP contribution in [0.25, 0.3) is 15.9 Å². The molecule has 0 saturated carbocycles. The van der Waals surface area contributed by atoms with Crippen molar-refractivity contribution in [2.24, 2.45) is 0 Å². The largest absolute Gasteiger partial charge is 0.378 e. The van der Waals surface area contributed by atoms with E-state index < -0.39 is 0 Å². The number of carbonyl (C=O) groups excluding carboxylic acids is 1. The van der Waals surface area contributed by atoms with Gasteiger partial charge in [0.05, 0.1) is 23.6 Å². The highest BCUT2D eigenvalue weighted by molar-refractivity contribution is 7.16. The zero-order chi connectivity index (χ0) is 14.9. The van der Waals surface area contributed by atoms with Crippen LogP contribution < -0.4 is 0 Å². The SMILES string of the molecule is O=C(c1ccc(-n2ccc3ccccc32)s1)N1CCOCC1. The van der Waals surface area contributed by atoms with Gasteiger partial charge >= 0.3 is 0 Å². The number of morpholine rings is 1. The van der Waals surface area contributed by atoms with E-state index in [0.717, 1.165) is 15.4 Å². The average Bonchev–Trinajstić information content (AvgIpc) is 3.21. The van der Waals surface area contributed by atoms with Gasteiger partial charge in [0.2, 0.25) is 0 Å². The third-order valence-corrected chi connectivity index (χ3v) is 5.01. The molecule has 0 aliphatic carbocycles. The van der Waals surface area contributed by atoms with Crippen LogP contribution in [0.2, 0.25) is 0 Å². The van der Waals surface area contributed by atoms with Crippen LogP contribution in [0.3, 0.4) is 0 Å². The predicted molar refractivity (Wildman–Crippen MR) is 87.9 cm³/mol. The van der Waals surface area contributed by atoms with E-state index in [2.05, 4.69) is 29.0 Å². The van der Waals surface area contributed by atoms with Gasteiger partial charge in [-0.25, -0.2) is 0 Å². The summed E-state index contributed by atoms with van der Waals surface area (Å²) in [6.07, 6.45) is 2.06. The Morgan fingerprint density at radius 3 is 2.73 bits per heavy atom. The lowest BCUT2D eigenvalue weighted by molar-refractivity contribution is 0.0306. The Hall–Kier alpha value is -2.11. The molecule has 0 unspecified atom stereocenters. The van der Waals surface area contributed by atoms with Crippen LogP contribution in [0.5, 0.6) is 0 Å². The second kappa shape index (κ2) is 5.59. The summed E-state index contributed by atoms with van der Waals surface area (Å²) in [5.74, 6) is 0.107. The van der Waals surface area contributed by atoms with E-state index in [4.69, 9.17) is 4.74 Å². The van der Waals surface area contributed by atoms with Crippen molar-refractivity contribution >= 4 is 28.1 Å². The van der Waals surface area contributed by atoms with Crippen molar-refractivity contribution < 1.29 is 9.53 Å². The number of rotatable bonds is 2. The first-order valence-corrected chi connectivity index (χ1v) is 8.18. The number of ether oxygens (including phenoxy) is 1. The van der Waals surface area contributed by atoms with E-state index >= 15 is 0 Å². The first-order chi connectivity index (χ1) is 10.8. The number of carbonyl (C=O) groups is 1. The Morgan fingerprint density at radius 2 is 1.86 bits per heavy atom. The monoisotopic (exact) mass is 312 g/mol. The van der Waals surface area contributed by atoms with Crippen molar-refractivity contribution in [3.63, 3.8) is 0 Å². The Morgan fingerprint density at radius 1 is 1.05 bits per heavy atom. The van der Waals surface area contributed by atoms with Gasteiger partial charge in [0.25, 0.3) is 5.91 Å². The lowest BCUT2D eigenvalue weighted by atomic mass is 10.2. The Bertz CT molecular complexity index is 815. The Kier molecular flexibility index (Phi) is 3.44. The number of fused-ring (bicyclic) bond motifs is 1. The van der Waals surface area contributed by atoms with Crippen LogP contribution >= 0.6 is 11.3 Å². The van der Waals surface area contributed by atoms with Crippen molar-refractivity contribution in [3.8, 4) is 5.00 Å². The maximum Gasteiger partial charge on any atom is 0.264 e. The summed E-state index contributed by atoms with van der Waals surface area (Å²) in [5.41, 5.74) is 1.16. The van der Waals surface area contributed by atoms with Crippen molar-refractivity contribution in [1.82, 2.24) is 9.47 Å². The first kappa shape index (κ1) is 13.5. The smallest absolute Gasteiger partial charge is 0.264 e. The van der Waals surface area contributed by atoms with Crippen LogP contribution in [0, 0.1) is 0 Å². The molecule has 1 aromatic carbocycles. The summed E-state index contributed by atoms with van der Waals surface area (Å²) in [6, 6.07) is 14.3.